The lowest BCUT2D eigenvalue weighted by molar-refractivity contribution is -0.385. The number of nitrogens with one attached hydrogen (secondary N) is 1. The molecule has 15 heavy (non-hydrogen) atoms. The number of hydrogen-bond acceptors (Lipinski definition) is 3. The van der Waals surface area contributed by atoms with Crippen molar-refractivity contribution in [1.82, 2.24) is 0 Å². The number of anilines is 1. The van der Waals surface area contributed by atoms with Gasteiger partial charge in [-0.05, 0) is 40.6 Å². The number of nitrogens with two attached hydrogens (primary N) is 1. The normalized spacial score (nSPS) is 9.73. The van der Waals surface area contributed by atoms with Crippen molar-refractivity contribution in [3.8, 4) is 0 Å². The van der Waals surface area contributed by atoms with Gasteiger partial charge in [0.2, 0.25) is 0 Å². The quantitative estimate of drug-likeness (QED) is 0.496. The third-order valence-corrected chi connectivity index (χ3v) is 2.46. The predicted octanol–water partition coefficient (Wildman–Crippen LogP) is 2.32. The van der Waals surface area contributed by atoms with Crippen LogP contribution in [0, 0.1) is 17.0 Å². The highest BCUT2D eigenvalue weighted by atomic mass is 79.9. The van der Waals surface area contributed by atoms with Crippen molar-refractivity contribution in [3.63, 3.8) is 0 Å². The maximum Gasteiger partial charge on any atom is 0.270 e. The minimum atomic E-state index is -0.456. The lowest BCUT2D eigenvalue weighted by Crippen LogP contribution is -2.19. The Morgan fingerprint density at radius 1 is 1.67 bits per heavy atom. The van der Waals surface area contributed by atoms with Gasteiger partial charge in [-0.2, -0.15) is 0 Å². The molecule has 0 fully saturated rings. The number of aryl methyl sites for hydroxylation is 1. The van der Waals surface area contributed by atoms with E-state index in [1.165, 1.54) is 12.1 Å². The number of nitro benzene ring substituents is 1. The van der Waals surface area contributed by atoms with E-state index in [1.807, 2.05) is 0 Å². The van der Waals surface area contributed by atoms with Crippen LogP contribution in [0.4, 0.5) is 11.4 Å². The summed E-state index contributed by atoms with van der Waals surface area (Å²) >= 11 is 7.91. The second kappa shape index (κ2) is 4.54. The van der Waals surface area contributed by atoms with Crippen LogP contribution in [0.1, 0.15) is 5.56 Å². The van der Waals surface area contributed by atoms with Crippen molar-refractivity contribution in [2.24, 2.45) is 5.73 Å². The molecule has 0 unspecified atom stereocenters. The molecular formula is C8H8BrN3O2S. The summed E-state index contributed by atoms with van der Waals surface area (Å²) in [5.74, 6) is 0. The first-order valence-corrected chi connectivity index (χ1v) is 5.13. The van der Waals surface area contributed by atoms with Gasteiger partial charge in [-0.1, -0.05) is 0 Å². The molecule has 0 spiro atoms. The number of halogens is 1. The largest absolute Gasteiger partial charge is 0.376 e. The van der Waals surface area contributed by atoms with E-state index < -0.39 is 4.92 Å². The van der Waals surface area contributed by atoms with Gasteiger partial charge >= 0.3 is 0 Å². The summed E-state index contributed by atoms with van der Waals surface area (Å²) in [5.41, 5.74) is 6.69. The lowest BCUT2D eigenvalue weighted by Gasteiger charge is -2.09. The van der Waals surface area contributed by atoms with Crippen molar-refractivity contribution in [3.05, 3.63) is 32.3 Å². The molecule has 0 amide bonds. The Kier molecular flexibility index (Phi) is 3.59. The third kappa shape index (κ3) is 2.87. The fourth-order valence-electron chi connectivity index (χ4n) is 1.11. The number of rotatable bonds is 2. The highest BCUT2D eigenvalue weighted by molar-refractivity contribution is 9.10. The average Bonchev–Trinajstić information content (AvgIpc) is 2.10. The molecule has 0 aliphatic rings. The summed E-state index contributed by atoms with van der Waals surface area (Å²) in [6.45, 7) is 1.73. The smallest absolute Gasteiger partial charge is 0.270 e. The number of thiocarbonyl (C=S) groups is 1. The molecule has 1 aromatic carbocycles. The summed E-state index contributed by atoms with van der Waals surface area (Å²) < 4.78 is 0.557. The van der Waals surface area contributed by atoms with Gasteiger partial charge in [0.05, 0.1) is 10.6 Å². The fourth-order valence-corrected chi connectivity index (χ4v) is 1.86. The molecule has 80 valence electrons. The van der Waals surface area contributed by atoms with Crippen molar-refractivity contribution in [2.45, 2.75) is 6.92 Å². The summed E-state index contributed by atoms with van der Waals surface area (Å²) in [4.78, 5) is 10.1. The molecule has 0 saturated heterocycles. The number of hydrogen-bond donors (Lipinski definition) is 2. The Balaban J connectivity index is 3.21. The van der Waals surface area contributed by atoms with Crippen molar-refractivity contribution < 1.29 is 4.92 Å². The topological polar surface area (TPSA) is 81.2 Å². The van der Waals surface area contributed by atoms with E-state index in [9.17, 15) is 10.1 Å². The molecule has 5 nitrogen and oxygen atoms in total. The Bertz CT molecular complexity index is 413. The van der Waals surface area contributed by atoms with Crippen LogP contribution in [0.2, 0.25) is 0 Å². The minimum Gasteiger partial charge on any atom is -0.376 e. The van der Waals surface area contributed by atoms with Crippen LogP contribution in [0.3, 0.4) is 0 Å². The molecule has 0 atom stereocenters. The van der Waals surface area contributed by atoms with Crippen LogP contribution in [0.15, 0.2) is 16.6 Å². The Morgan fingerprint density at radius 3 is 2.67 bits per heavy atom. The molecular weight excluding hydrogens is 282 g/mol. The van der Waals surface area contributed by atoms with Gasteiger partial charge in [0, 0.05) is 16.6 Å². The van der Waals surface area contributed by atoms with Gasteiger partial charge in [0.25, 0.3) is 5.69 Å². The fraction of sp³-hybridized carbons (Fsp3) is 0.125. The van der Waals surface area contributed by atoms with Gasteiger partial charge in [0.15, 0.2) is 5.11 Å². The zero-order valence-corrected chi connectivity index (χ0v) is 10.2. The highest BCUT2D eigenvalue weighted by Crippen LogP contribution is 2.30. The minimum absolute atomic E-state index is 0.0212. The monoisotopic (exact) mass is 289 g/mol. The standard InChI is InChI=1S/C8H8BrN3O2S/c1-4-2-5(12(13)14)3-6(9)7(4)11-8(10)15/h2-3H,1H3,(H3,10,11,15). The van der Waals surface area contributed by atoms with Crippen LogP contribution in [0.25, 0.3) is 0 Å². The zero-order valence-electron chi connectivity index (χ0n) is 7.78. The van der Waals surface area contributed by atoms with E-state index in [-0.39, 0.29) is 10.8 Å². The van der Waals surface area contributed by atoms with E-state index in [0.717, 1.165) is 0 Å². The van der Waals surface area contributed by atoms with Gasteiger partial charge in [0.1, 0.15) is 0 Å². The number of non-ortho nitro benzene ring substituents is 1. The summed E-state index contributed by atoms with van der Waals surface area (Å²) in [6.07, 6.45) is 0. The first-order valence-electron chi connectivity index (χ1n) is 3.93. The molecule has 1 rings (SSSR count). The van der Waals surface area contributed by atoms with Crippen LogP contribution in [-0.2, 0) is 0 Å². The molecule has 0 heterocycles. The second-order valence-corrected chi connectivity index (χ2v) is 4.16. The molecule has 0 saturated carbocycles. The average molecular weight is 290 g/mol. The summed E-state index contributed by atoms with van der Waals surface area (Å²) in [7, 11) is 0. The lowest BCUT2D eigenvalue weighted by atomic mass is 10.2. The Morgan fingerprint density at radius 2 is 2.27 bits per heavy atom. The Hall–Kier alpha value is -1.21. The van der Waals surface area contributed by atoms with Gasteiger partial charge in [-0.25, -0.2) is 0 Å². The number of benzene rings is 1. The molecule has 0 radical (unpaired) electrons. The van der Waals surface area contributed by atoms with Crippen LogP contribution in [0.5, 0.6) is 0 Å². The van der Waals surface area contributed by atoms with Crippen molar-refractivity contribution in [2.75, 3.05) is 5.32 Å². The van der Waals surface area contributed by atoms with Crippen molar-refractivity contribution in [1.29, 1.82) is 0 Å². The van der Waals surface area contributed by atoms with E-state index in [1.54, 1.807) is 6.92 Å². The Labute approximate surface area is 99.9 Å². The number of nitrogens with zero attached hydrogens (tertiary/aromatic N) is 1. The van der Waals surface area contributed by atoms with Crippen LogP contribution >= 0.6 is 28.1 Å². The van der Waals surface area contributed by atoms with E-state index in [2.05, 4.69) is 21.2 Å². The maximum absolute atomic E-state index is 10.6. The first kappa shape index (κ1) is 11.9. The molecule has 1 aromatic rings. The molecule has 0 bridgehead atoms. The molecule has 0 aliphatic carbocycles. The molecule has 7 heteroatoms. The van der Waals surface area contributed by atoms with Crippen LogP contribution in [-0.4, -0.2) is 10.0 Å². The number of nitro groups is 1. The molecule has 0 aliphatic heterocycles. The zero-order chi connectivity index (χ0) is 11.6. The van der Waals surface area contributed by atoms with E-state index in [0.29, 0.717) is 15.7 Å². The van der Waals surface area contributed by atoms with Gasteiger partial charge < -0.3 is 11.1 Å². The van der Waals surface area contributed by atoms with E-state index in [4.69, 9.17) is 18.0 Å². The van der Waals surface area contributed by atoms with Crippen molar-refractivity contribution >= 4 is 44.6 Å². The van der Waals surface area contributed by atoms with Gasteiger partial charge in [-0.15, -0.1) is 0 Å². The first-order chi connectivity index (χ1) is 6.91. The second-order valence-electron chi connectivity index (χ2n) is 2.87. The predicted molar refractivity (Wildman–Crippen MR) is 65.9 cm³/mol. The summed E-state index contributed by atoms with van der Waals surface area (Å²) in [6, 6.07) is 2.85. The third-order valence-electron chi connectivity index (χ3n) is 1.73. The van der Waals surface area contributed by atoms with E-state index >= 15 is 0 Å². The summed E-state index contributed by atoms with van der Waals surface area (Å²) in [5, 5.41) is 13.4. The molecule has 0 aromatic heterocycles. The maximum atomic E-state index is 10.6. The highest BCUT2D eigenvalue weighted by Gasteiger charge is 2.12. The SMILES string of the molecule is Cc1cc([N+](=O)[O-])cc(Br)c1NC(N)=S. The molecule has 3 N–H and O–H groups in total. The van der Waals surface area contributed by atoms with Gasteiger partial charge in [-0.3, -0.25) is 10.1 Å². The van der Waals surface area contributed by atoms with Crippen LogP contribution < -0.4 is 11.1 Å².